The standard InChI is InChI=1S/C10H10N2OS2/c1-5-9(15-7(3)11-5)8-4-14-10(12-8)6(2)13/h4H,1-3H3. The summed E-state index contributed by atoms with van der Waals surface area (Å²) in [6.07, 6.45) is 0. The zero-order chi connectivity index (χ0) is 11.0. The summed E-state index contributed by atoms with van der Waals surface area (Å²) in [5.74, 6) is 0.0186. The summed E-state index contributed by atoms with van der Waals surface area (Å²) in [4.78, 5) is 20.8. The first-order chi connectivity index (χ1) is 7.08. The summed E-state index contributed by atoms with van der Waals surface area (Å²) in [7, 11) is 0. The predicted molar refractivity (Wildman–Crippen MR) is 62.7 cm³/mol. The number of carbonyl (C=O) groups excluding carboxylic acids is 1. The van der Waals surface area contributed by atoms with Crippen LogP contribution >= 0.6 is 22.7 Å². The van der Waals surface area contributed by atoms with Crippen LogP contribution in [0.25, 0.3) is 10.6 Å². The second-order valence-corrected chi connectivity index (χ2v) is 5.30. The van der Waals surface area contributed by atoms with E-state index in [1.54, 1.807) is 11.3 Å². The van der Waals surface area contributed by atoms with Crippen molar-refractivity contribution in [1.29, 1.82) is 0 Å². The van der Waals surface area contributed by atoms with Gasteiger partial charge in [0, 0.05) is 12.3 Å². The summed E-state index contributed by atoms with van der Waals surface area (Å²) >= 11 is 3.00. The van der Waals surface area contributed by atoms with E-state index in [-0.39, 0.29) is 5.78 Å². The van der Waals surface area contributed by atoms with Crippen LogP contribution in [0.1, 0.15) is 27.4 Å². The van der Waals surface area contributed by atoms with Crippen molar-refractivity contribution < 1.29 is 4.79 Å². The van der Waals surface area contributed by atoms with Crippen molar-refractivity contribution in [2.24, 2.45) is 0 Å². The first-order valence-electron chi connectivity index (χ1n) is 4.49. The number of hydrogen-bond acceptors (Lipinski definition) is 5. The Kier molecular flexibility index (Phi) is 2.67. The molecule has 5 heteroatoms. The van der Waals surface area contributed by atoms with E-state index in [9.17, 15) is 4.79 Å². The van der Waals surface area contributed by atoms with Crippen molar-refractivity contribution in [2.75, 3.05) is 0 Å². The number of Topliss-reactive ketones (excluding diaryl/α,β-unsaturated/α-hetero) is 1. The number of aromatic nitrogens is 2. The van der Waals surface area contributed by atoms with Crippen LogP contribution in [0.4, 0.5) is 0 Å². The SMILES string of the molecule is CC(=O)c1nc(-c2sc(C)nc2C)cs1. The summed E-state index contributed by atoms with van der Waals surface area (Å²) < 4.78 is 0. The van der Waals surface area contributed by atoms with Gasteiger partial charge in [0.15, 0.2) is 10.8 Å². The Hall–Kier alpha value is -1.07. The van der Waals surface area contributed by atoms with Gasteiger partial charge in [-0.1, -0.05) is 0 Å². The summed E-state index contributed by atoms with van der Waals surface area (Å²) in [6.45, 7) is 5.47. The molecule has 0 saturated carbocycles. The zero-order valence-corrected chi connectivity index (χ0v) is 10.3. The molecule has 0 spiro atoms. The first kappa shape index (κ1) is 10.4. The van der Waals surface area contributed by atoms with Crippen molar-refractivity contribution in [3.05, 3.63) is 21.1 Å². The van der Waals surface area contributed by atoms with E-state index in [4.69, 9.17) is 0 Å². The minimum absolute atomic E-state index is 0.0186. The van der Waals surface area contributed by atoms with E-state index in [0.29, 0.717) is 5.01 Å². The van der Waals surface area contributed by atoms with Crippen LogP contribution in [0.5, 0.6) is 0 Å². The van der Waals surface area contributed by atoms with E-state index in [0.717, 1.165) is 21.3 Å². The fraction of sp³-hybridized carbons (Fsp3) is 0.300. The van der Waals surface area contributed by atoms with Crippen LogP contribution in [-0.2, 0) is 0 Å². The van der Waals surface area contributed by atoms with Crippen LogP contribution in [0.2, 0.25) is 0 Å². The Labute approximate surface area is 95.8 Å². The van der Waals surface area contributed by atoms with Crippen LogP contribution in [0, 0.1) is 13.8 Å². The average molecular weight is 238 g/mol. The Morgan fingerprint density at radius 2 is 2.07 bits per heavy atom. The third-order valence-corrected chi connectivity index (χ3v) is 3.98. The number of rotatable bonds is 2. The molecular weight excluding hydrogens is 228 g/mol. The second kappa shape index (κ2) is 3.83. The number of thiazole rings is 2. The fourth-order valence-electron chi connectivity index (χ4n) is 1.31. The van der Waals surface area contributed by atoms with Crippen molar-refractivity contribution in [3.8, 4) is 10.6 Å². The van der Waals surface area contributed by atoms with Gasteiger partial charge in [0.25, 0.3) is 0 Å². The lowest BCUT2D eigenvalue weighted by Crippen LogP contribution is -1.89. The second-order valence-electron chi connectivity index (χ2n) is 3.24. The Balaban J connectivity index is 2.45. The molecule has 2 rings (SSSR count). The molecule has 0 amide bonds. The molecule has 0 fully saturated rings. The van der Waals surface area contributed by atoms with Crippen molar-refractivity contribution in [1.82, 2.24) is 9.97 Å². The van der Waals surface area contributed by atoms with Gasteiger partial charge in [0.05, 0.1) is 21.3 Å². The van der Waals surface area contributed by atoms with Gasteiger partial charge in [-0.05, 0) is 13.8 Å². The molecule has 0 radical (unpaired) electrons. The molecule has 0 N–H and O–H groups in total. The lowest BCUT2D eigenvalue weighted by atomic mass is 10.3. The quantitative estimate of drug-likeness (QED) is 0.755. The number of nitrogens with zero attached hydrogens (tertiary/aromatic N) is 2. The van der Waals surface area contributed by atoms with Crippen molar-refractivity contribution in [3.63, 3.8) is 0 Å². The van der Waals surface area contributed by atoms with Gasteiger partial charge < -0.3 is 0 Å². The highest BCUT2D eigenvalue weighted by Gasteiger charge is 2.12. The summed E-state index contributed by atoms with van der Waals surface area (Å²) in [5.41, 5.74) is 1.85. The molecule has 0 atom stereocenters. The normalized spacial score (nSPS) is 10.6. The maximum absolute atomic E-state index is 11.1. The zero-order valence-electron chi connectivity index (χ0n) is 8.70. The predicted octanol–water partition coefficient (Wildman–Crippen LogP) is 3.09. The molecule has 0 aliphatic rings. The van der Waals surface area contributed by atoms with Gasteiger partial charge in [-0.25, -0.2) is 9.97 Å². The number of aryl methyl sites for hydroxylation is 2. The minimum Gasteiger partial charge on any atom is -0.292 e. The highest BCUT2D eigenvalue weighted by molar-refractivity contribution is 7.16. The average Bonchev–Trinajstić information content (AvgIpc) is 2.71. The van der Waals surface area contributed by atoms with Gasteiger partial charge in [0.2, 0.25) is 0 Å². The van der Waals surface area contributed by atoms with Gasteiger partial charge in [-0.3, -0.25) is 4.79 Å². The molecule has 0 bridgehead atoms. The maximum Gasteiger partial charge on any atom is 0.188 e. The number of hydrogen-bond donors (Lipinski definition) is 0. The molecular formula is C10H10N2OS2. The highest BCUT2D eigenvalue weighted by Crippen LogP contribution is 2.30. The molecule has 2 heterocycles. The van der Waals surface area contributed by atoms with Gasteiger partial charge >= 0.3 is 0 Å². The van der Waals surface area contributed by atoms with E-state index in [1.807, 2.05) is 19.2 Å². The van der Waals surface area contributed by atoms with E-state index < -0.39 is 0 Å². The lowest BCUT2D eigenvalue weighted by Gasteiger charge is -1.90. The lowest BCUT2D eigenvalue weighted by molar-refractivity contribution is 0.101. The summed E-state index contributed by atoms with van der Waals surface area (Å²) in [5, 5.41) is 3.51. The van der Waals surface area contributed by atoms with Crippen molar-refractivity contribution in [2.45, 2.75) is 20.8 Å². The molecule has 2 aromatic heterocycles. The topological polar surface area (TPSA) is 42.9 Å². The molecule has 0 unspecified atom stereocenters. The Morgan fingerprint density at radius 3 is 2.53 bits per heavy atom. The first-order valence-corrected chi connectivity index (χ1v) is 6.18. The Bertz CT molecular complexity index is 513. The molecule has 0 aromatic carbocycles. The van der Waals surface area contributed by atoms with Crippen LogP contribution in [0.3, 0.4) is 0 Å². The molecule has 78 valence electrons. The van der Waals surface area contributed by atoms with Crippen molar-refractivity contribution >= 4 is 28.5 Å². The Morgan fingerprint density at radius 1 is 1.33 bits per heavy atom. The molecule has 3 nitrogen and oxygen atoms in total. The monoisotopic (exact) mass is 238 g/mol. The number of ketones is 1. The molecule has 15 heavy (non-hydrogen) atoms. The molecule has 2 aromatic rings. The highest BCUT2D eigenvalue weighted by atomic mass is 32.1. The third kappa shape index (κ3) is 1.98. The van der Waals surface area contributed by atoms with E-state index in [1.165, 1.54) is 18.3 Å². The minimum atomic E-state index is 0.0186. The van der Waals surface area contributed by atoms with E-state index >= 15 is 0 Å². The van der Waals surface area contributed by atoms with Gasteiger partial charge in [-0.2, -0.15) is 0 Å². The summed E-state index contributed by atoms with van der Waals surface area (Å²) in [6, 6.07) is 0. The van der Waals surface area contributed by atoms with Crippen LogP contribution in [0.15, 0.2) is 5.38 Å². The fourth-order valence-corrected chi connectivity index (χ4v) is 2.97. The smallest absolute Gasteiger partial charge is 0.188 e. The van der Waals surface area contributed by atoms with Crippen LogP contribution < -0.4 is 0 Å². The molecule has 0 saturated heterocycles. The van der Waals surface area contributed by atoms with Crippen LogP contribution in [-0.4, -0.2) is 15.8 Å². The van der Waals surface area contributed by atoms with Gasteiger partial charge in [-0.15, -0.1) is 22.7 Å². The maximum atomic E-state index is 11.1. The van der Waals surface area contributed by atoms with E-state index in [2.05, 4.69) is 9.97 Å². The molecule has 0 aliphatic heterocycles. The largest absolute Gasteiger partial charge is 0.292 e. The number of carbonyl (C=O) groups is 1. The van der Waals surface area contributed by atoms with Gasteiger partial charge in [0.1, 0.15) is 0 Å². The molecule has 0 aliphatic carbocycles. The third-order valence-electron chi connectivity index (χ3n) is 1.94.